The van der Waals surface area contributed by atoms with E-state index in [1.165, 1.54) is 37.4 Å². The molecule has 0 saturated heterocycles. The van der Waals surface area contributed by atoms with Gasteiger partial charge in [0.2, 0.25) is 0 Å². The van der Waals surface area contributed by atoms with Crippen molar-refractivity contribution in [3.05, 3.63) is 82.9 Å². The van der Waals surface area contributed by atoms with Crippen molar-refractivity contribution in [2.75, 3.05) is 25.5 Å². The van der Waals surface area contributed by atoms with Crippen molar-refractivity contribution in [1.82, 2.24) is 5.32 Å². The van der Waals surface area contributed by atoms with Gasteiger partial charge >= 0.3 is 0 Å². The lowest BCUT2D eigenvalue weighted by Crippen LogP contribution is -2.27. The van der Waals surface area contributed by atoms with Crippen LogP contribution >= 0.6 is 11.6 Å². The van der Waals surface area contributed by atoms with E-state index in [4.69, 9.17) is 21.1 Å². The van der Waals surface area contributed by atoms with E-state index in [-0.39, 0.29) is 16.1 Å². The summed E-state index contributed by atoms with van der Waals surface area (Å²) in [7, 11) is -0.845. The van der Waals surface area contributed by atoms with Gasteiger partial charge in [-0.15, -0.1) is 0 Å². The van der Waals surface area contributed by atoms with Crippen molar-refractivity contribution in [1.29, 1.82) is 0 Å². The van der Waals surface area contributed by atoms with Crippen LogP contribution in [0, 0.1) is 0 Å². The molecule has 9 heteroatoms. The number of benzene rings is 3. The van der Waals surface area contributed by atoms with Gasteiger partial charge in [-0.2, -0.15) is 0 Å². The van der Waals surface area contributed by atoms with Gasteiger partial charge in [0.1, 0.15) is 11.5 Å². The average Bonchev–Trinajstić information content (AvgIpc) is 2.79. The number of ether oxygens (including phenoxy) is 2. The molecule has 0 aliphatic carbocycles. The zero-order chi connectivity index (χ0) is 23.1. The van der Waals surface area contributed by atoms with Crippen LogP contribution in [0.2, 0.25) is 5.02 Å². The maximum atomic E-state index is 12.8. The molecule has 0 unspecified atom stereocenters. The molecule has 3 aromatic rings. The minimum atomic E-state index is -3.94. The molecule has 3 aromatic carbocycles. The highest BCUT2D eigenvalue weighted by Gasteiger charge is 2.19. The van der Waals surface area contributed by atoms with Crippen LogP contribution < -0.4 is 19.5 Å². The van der Waals surface area contributed by atoms with Crippen LogP contribution in [0.1, 0.15) is 15.9 Å². The Labute approximate surface area is 192 Å². The summed E-state index contributed by atoms with van der Waals surface area (Å²) in [5.74, 6) is 0.874. The summed E-state index contributed by atoms with van der Waals surface area (Å²) >= 11 is 6.05. The third-order valence-electron chi connectivity index (χ3n) is 4.70. The Morgan fingerprint density at radius 2 is 1.50 bits per heavy atom. The first kappa shape index (κ1) is 23.4. The van der Waals surface area contributed by atoms with Gasteiger partial charge in [-0.25, -0.2) is 8.42 Å². The number of halogens is 1. The number of carbonyl (C=O) groups is 1. The van der Waals surface area contributed by atoms with E-state index in [0.29, 0.717) is 23.7 Å². The Balaban J connectivity index is 1.72. The molecule has 32 heavy (non-hydrogen) atoms. The SMILES string of the molecule is COc1ccc(CCNC(=O)c2ccc(Cl)cc2NS(=O)(=O)c2ccc(OC)cc2)cc1. The molecular formula is C23H23ClN2O5S. The smallest absolute Gasteiger partial charge is 0.261 e. The number of amides is 1. The molecule has 0 bridgehead atoms. The number of sulfonamides is 1. The van der Waals surface area contributed by atoms with Gasteiger partial charge in [-0.05, 0) is 66.6 Å². The minimum Gasteiger partial charge on any atom is -0.497 e. The zero-order valence-corrected chi connectivity index (χ0v) is 19.2. The van der Waals surface area contributed by atoms with Crippen LogP contribution in [0.25, 0.3) is 0 Å². The fraction of sp³-hybridized carbons (Fsp3) is 0.174. The van der Waals surface area contributed by atoms with E-state index in [0.717, 1.165) is 11.3 Å². The van der Waals surface area contributed by atoms with Gasteiger partial charge in [0.05, 0.1) is 30.4 Å². The Morgan fingerprint density at radius 3 is 2.09 bits per heavy atom. The monoisotopic (exact) mass is 474 g/mol. The van der Waals surface area contributed by atoms with Crippen molar-refractivity contribution in [2.24, 2.45) is 0 Å². The maximum Gasteiger partial charge on any atom is 0.261 e. The standard InChI is InChI=1S/C23H23ClN2O5S/c1-30-18-6-3-16(4-7-18)13-14-25-23(27)21-12-5-17(24)15-22(21)26-32(28,29)20-10-8-19(31-2)9-11-20/h3-12,15,26H,13-14H2,1-2H3,(H,25,27). The quantitative estimate of drug-likeness (QED) is 0.486. The molecule has 168 valence electrons. The van der Waals surface area contributed by atoms with Crippen LogP contribution in [-0.4, -0.2) is 35.1 Å². The number of anilines is 1. The summed E-state index contributed by atoms with van der Waals surface area (Å²) in [6.45, 7) is 0.373. The van der Waals surface area contributed by atoms with Crippen molar-refractivity contribution in [2.45, 2.75) is 11.3 Å². The van der Waals surface area contributed by atoms with E-state index in [9.17, 15) is 13.2 Å². The first-order valence-electron chi connectivity index (χ1n) is 9.70. The average molecular weight is 475 g/mol. The van der Waals surface area contributed by atoms with Crippen molar-refractivity contribution >= 4 is 33.2 Å². The highest BCUT2D eigenvalue weighted by Crippen LogP contribution is 2.25. The highest BCUT2D eigenvalue weighted by molar-refractivity contribution is 7.92. The number of methoxy groups -OCH3 is 2. The molecule has 0 aliphatic heterocycles. The first-order chi connectivity index (χ1) is 15.3. The van der Waals surface area contributed by atoms with Crippen LogP contribution in [0.15, 0.2) is 71.6 Å². The van der Waals surface area contributed by atoms with Gasteiger partial charge < -0.3 is 14.8 Å². The molecule has 7 nitrogen and oxygen atoms in total. The molecule has 0 atom stereocenters. The van der Waals surface area contributed by atoms with E-state index in [1.54, 1.807) is 19.2 Å². The van der Waals surface area contributed by atoms with Crippen LogP contribution in [0.3, 0.4) is 0 Å². The molecule has 1 amide bonds. The first-order valence-corrected chi connectivity index (χ1v) is 11.6. The van der Waals surface area contributed by atoms with E-state index in [2.05, 4.69) is 10.0 Å². The summed E-state index contributed by atoms with van der Waals surface area (Å²) in [5, 5.41) is 3.11. The molecule has 2 N–H and O–H groups in total. The molecular weight excluding hydrogens is 452 g/mol. The van der Waals surface area contributed by atoms with Crippen LogP contribution in [0.4, 0.5) is 5.69 Å². The third-order valence-corrected chi connectivity index (χ3v) is 6.32. The summed E-state index contributed by atoms with van der Waals surface area (Å²) in [4.78, 5) is 12.8. The number of hydrogen-bond acceptors (Lipinski definition) is 5. The lowest BCUT2D eigenvalue weighted by molar-refractivity contribution is 0.0955. The van der Waals surface area contributed by atoms with Crippen molar-refractivity contribution in [3.8, 4) is 11.5 Å². The summed E-state index contributed by atoms with van der Waals surface area (Å²) < 4.78 is 38.2. The fourth-order valence-corrected chi connectivity index (χ4v) is 4.21. The van der Waals surface area contributed by atoms with Gasteiger partial charge in [-0.1, -0.05) is 23.7 Å². The highest BCUT2D eigenvalue weighted by atomic mass is 35.5. The van der Waals surface area contributed by atoms with Crippen molar-refractivity contribution < 1.29 is 22.7 Å². The molecule has 0 saturated carbocycles. The van der Waals surface area contributed by atoms with Gasteiger partial charge in [-0.3, -0.25) is 9.52 Å². The number of nitrogens with one attached hydrogen (secondary N) is 2. The number of carbonyl (C=O) groups excluding carboxylic acids is 1. The summed E-state index contributed by atoms with van der Waals surface area (Å²) in [6.07, 6.45) is 0.607. The predicted octanol–water partition coefficient (Wildman–Crippen LogP) is 4.13. The van der Waals surface area contributed by atoms with Gasteiger partial charge in [0.15, 0.2) is 0 Å². The Kier molecular flexibility index (Phi) is 7.61. The molecule has 0 aromatic heterocycles. The van der Waals surface area contributed by atoms with E-state index < -0.39 is 15.9 Å². The molecule has 0 fully saturated rings. The lowest BCUT2D eigenvalue weighted by atomic mass is 10.1. The normalized spacial score (nSPS) is 11.0. The number of hydrogen-bond donors (Lipinski definition) is 2. The van der Waals surface area contributed by atoms with Gasteiger partial charge in [0.25, 0.3) is 15.9 Å². The topological polar surface area (TPSA) is 93.7 Å². The maximum absolute atomic E-state index is 12.8. The fourth-order valence-electron chi connectivity index (χ4n) is 2.97. The second-order valence-corrected chi connectivity index (χ2v) is 8.94. The minimum absolute atomic E-state index is 0.0316. The molecule has 3 rings (SSSR count). The summed E-state index contributed by atoms with van der Waals surface area (Å²) in [6, 6.07) is 17.9. The second-order valence-electron chi connectivity index (χ2n) is 6.82. The molecule has 0 aliphatic rings. The third kappa shape index (κ3) is 5.93. The zero-order valence-electron chi connectivity index (χ0n) is 17.6. The Bertz CT molecular complexity index is 1180. The largest absolute Gasteiger partial charge is 0.497 e. The molecule has 0 spiro atoms. The van der Waals surface area contributed by atoms with Crippen LogP contribution in [-0.2, 0) is 16.4 Å². The van der Waals surface area contributed by atoms with Crippen molar-refractivity contribution in [3.63, 3.8) is 0 Å². The number of rotatable bonds is 9. The van der Waals surface area contributed by atoms with E-state index in [1.807, 2.05) is 24.3 Å². The lowest BCUT2D eigenvalue weighted by Gasteiger charge is -2.14. The van der Waals surface area contributed by atoms with Crippen LogP contribution in [0.5, 0.6) is 11.5 Å². The second kappa shape index (κ2) is 10.4. The predicted molar refractivity (Wildman–Crippen MR) is 124 cm³/mol. The van der Waals surface area contributed by atoms with E-state index >= 15 is 0 Å². The molecule has 0 radical (unpaired) electrons. The van der Waals surface area contributed by atoms with Gasteiger partial charge in [0, 0.05) is 11.6 Å². The molecule has 0 heterocycles. The Hall–Kier alpha value is -3.23. The summed E-state index contributed by atoms with van der Waals surface area (Å²) in [5.41, 5.74) is 1.29. The Morgan fingerprint density at radius 1 is 0.906 bits per heavy atom.